The molecular weight excluding hydrogens is 268 g/mol. The van der Waals surface area contributed by atoms with Crippen LogP contribution >= 0.6 is 0 Å². The molecule has 2 rings (SSSR count). The van der Waals surface area contributed by atoms with Gasteiger partial charge in [-0.2, -0.15) is 0 Å². The highest BCUT2D eigenvalue weighted by Gasteiger charge is 2.35. The lowest BCUT2D eigenvalue weighted by Crippen LogP contribution is -2.39. The summed E-state index contributed by atoms with van der Waals surface area (Å²) in [6.45, 7) is 1.47. The van der Waals surface area contributed by atoms with Gasteiger partial charge in [0.2, 0.25) is 0 Å². The van der Waals surface area contributed by atoms with Gasteiger partial charge in [0, 0.05) is 12.6 Å². The molecule has 1 saturated carbocycles. The van der Waals surface area contributed by atoms with Crippen molar-refractivity contribution in [2.24, 2.45) is 5.92 Å². The standard InChI is InChI=1S/C14H15F2NO3/c1-8(14(19)20)7-17(10-3-4-10)13(18)11-6-9(15)2-5-12(11)16/h2,5-6,8,10H,3-4,7H2,1H3,(H,19,20)/t8-/m1/s1. The van der Waals surface area contributed by atoms with Crippen molar-refractivity contribution in [3.63, 3.8) is 0 Å². The van der Waals surface area contributed by atoms with Gasteiger partial charge >= 0.3 is 5.97 Å². The van der Waals surface area contributed by atoms with Crippen LogP contribution in [0.4, 0.5) is 8.78 Å². The lowest BCUT2D eigenvalue weighted by molar-refractivity contribution is -0.141. The van der Waals surface area contributed by atoms with E-state index in [2.05, 4.69) is 0 Å². The SMILES string of the molecule is C[C@H](CN(C(=O)c1cc(F)ccc1F)C1CC1)C(=O)O. The first-order valence-electron chi connectivity index (χ1n) is 6.39. The van der Waals surface area contributed by atoms with Crippen molar-refractivity contribution in [2.75, 3.05) is 6.54 Å². The summed E-state index contributed by atoms with van der Waals surface area (Å²) in [5.74, 6) is -3.93. The summed E-state index contributed by atoms with van der Waals surface area (Å²) < 4.78 is 26.8. The van der Waals surface area contributed by atoms with E-state index >= 15 is 0 Å². The van der Waals surface area contributed by atoms with E-state index in [4.69, 9.17) is 5.11 Å². The van der Waals surface area contributed by atoms with E-state index in [0.717, 1.165) is 31.0 Å². The van der Waals surface area contributed by atoms with Gasteiger partial charge in [-0.3, -0.25) is 9.59 Å². The minimum Gasteiger partial charge on any atom is -0.481 e. The normalized spacial score (nSPS) is 15.8. The number of carbonyl (C=O) groups is 2. The molecule has 4 nitrogen and oxygen atoms in total. The Morgan fingerprint density at radius 2 is 2.05 bits per heavy atom. The Bertz CT molecular complexity index is 543. The number of carbonyl (C=O) groups excluding carboxylic acids is 1. The van der Waals surface area contributed by atoms with E-state index in [0.29, 0.717) is 0 Å². The topological polar surface area (TPSA) is 57.6 Å². The highest BCUT2D eigenvalue weighted by molar-refractivity contribution is 5.95. The molecular formula is C14H15F2NO3. The van der Waals surface area contributed by atoms with Crippen LogP contribution in [-0.2, 0) is 4.79 Å². The van der Waals surface area contributed by atoms with Crippen molar-refractivity contribution in [3.8, 4) is 0 Å². The van der Waals surface area contributed by atoms with Crippen LogP contribution in [0.1, 0.15) is 30.1 Å². The molecule has 1 aliphatic carbocycles. The zero-order valence-electron chi connectivity index (χ0n) is 11.0. The van der Waals surface area contributed by atoms with Crippen LogP contribution < -0.4 is 0 Å². The number of amides is 1. The Labute approximate surface area is 115 Å². The maximum Gasteiger partial charge on any atom is 0.308 e. The number of aliphatic carboxylic acids is 1. The minimum absolute atomic E-state index is 0.00517. The van der Waals surface area contributed by atoms with E-state index in [1.807, 2.05) is 0 Å². The number of carboxylic acid groups (broad SMARTS) is 1. The molecule has 1 amide bonds. The fourth-order valence-electron chi connectivity index (χ4n) is 1.97. The van der Waals surface area contributed by atoms with Gasteiger partial charge in [0.1, 0.15) is 11.6 Å². The summed E-state index contributed by atoms with van der Waals surface area (Å²) >= 11 is 0. The van der Waals surface area contributed by atoms with Crippen LogP contribution in [0.3, 0.4) is 0 Å². The summed E-state index contributed by atoms with van der Waals surface area (Å²) in [5.41, 5.74) is -0.352. The molecule has 0 saturated heterocycles. The second kappa shape index (κ2) is 5.56. The summed E-state index contributed by atoms with van der Waals surface area (Å²) in [6.07, 6.45) is 1.52. The Morgan fingerprint density at radius 1 is 1.40 bits per heavy atom. The molecule has 1 N–H and O–H groups in total. The number of carboxylic acids is 1. The number of hydrogen-bond acceptors (Lipinski definition) is 2. The summed E-state index contributed by atoms with van der Waals surface area (Å²) in [5, 5.41) is 8.91. The lowest BCUT2D eigenvalue weighted by Gasteiger charge is -2.24. The van der Waals surface area contributed by atoms with Crippen LogP contribution in [0.25, 0.3) is 0 Å². The molecule has 0 unspecified atom stereocenters. The van der Waals surface area contributed by atoms with E-state index in [1.165, 1.54) is 11.8 Å². The fourth-order valence-corrected chi connectivity index (χ4v) is 1.97. The highest BCUT2D eigenvalue weighted by atomic mass is 19.1. The number of rotatable bonds is 5. The van der Waals surface area contributed by atoms with E-state index in [9.17, 15) is 18.4 Å². The quantitative estimate of drug-likeness (QED) is 0.902. The van der Waals surface area contributed by atoms with Crippen LogP contribution in [0.2, 0.25) is 0 Å². The Kier molecular flexibility index (Phi) is 4.01. The summed E-state index contributed by atoms with van der Waals surface area (Å²) in [6, 6.07) is 2.60. The second-order valence-electron chi connectivity index (χ2n) is 5.05. The number of benzene rings is 1. The van der Waals surface area contributed by atoms with Crippen LogP contribution in [0.5, 0.6) is 0 Å². The molecule has 1 atom stereocenters. The molecule has 1 fully saturated rings. The van der Waals surface area contributed by atoms with Crippen molar-refractivity contribution < 1.29 is 23.5 Å². The zero-order chi connectivity index (χ0) is 14.9. The molecule has 0 spiro atoms. The average molecular weight is 283 g/mol. The molecule has 20 heavy (non-hydrogen) atoms. The molecule has 108 valence electrons. The third-order valence-electron chi connectivity index (χ3n) is 3.30. The molecule has 0 radical (unpaired) electrons. The molecule has 6 heteroatoms. The van der Waals surface area contributed by atoms with Crippen molar-refractivity contribution in [2.45, 2.75) is 25.8 Å². The van der Waals surface area contributed by atoms with E-state index in [-0.39, 0.29) is 18.2 Å². The van der Waals surface area contributed by atoms with Gasteiger partial charge in [-0.1, -0.05) is 6.92 Å². The van der Waals surface area contributed by atoms with E-state index in [1.54, 1.807) is 0 Å². The second-order valence-corrected chi connectivity index (χ2v) is 5.05. The van der Waals surface area contributed by atoms with Gasteiger partial charge in [0.25, 0.3) is 5.91 Å². The summed E-state index contributed by atoms with van der Waals surface area (Å²) in [7, 11) is 0. The zero-order valence-corrected chi connectivity index (χ0v) is 11.0. The van der Waals surface area contributed by atoms with Crippen molar-refractivity contribution in [1.82, 2.24) is 4.90 Å². The fraction of sp³-hybridized carbons (Fsp3) is 0.429. The lowest BCUT2D eigenvalue weighted by atomic mass is 10.1. The van der Waals surface area contributed by atoms with Gasteiger partial charge in [-0.05, 0) is 31.0 Å². The molecule has 1 aliphatic rings. The Hall–Kier alpha value is -1.98. The largest absolute Gasteiger partial charge is 0.481 e. The van der Waals surface area contributed by atoms with Crippen LogP contribution in [0.15, 0.2) is 18.2 Å². The molecule has 0 aromatic heterocycles. The monoisotopic (exact) mass is 283 g/mol. The predicted octanol–water partition coefficient (Wildman–Crippen LogP) is 2.29. The highest BCUT2D eigenvalue weighted by Crippen LogP contribution is 2.29. The van der Waals surface area contributed by atoms with Gasteiger partial charge in [0.05, 0.1) is 11.5 Å². The maximum absolute atomic E-state index is 13.6. The molecule has 1 aromatic carbocycles. The Balaban J connectivity index is 2.23. The third kappa shape index (κ3) is 3.12. The third-order valence-corrected chi connectivity index (χ3v) is 3.30. The molecule has 0 heterocycles. The smallest absolute Gasteiger partial charge is 0.308 e. The van der Waals surface area contributed by atoms with Crippen LogP contribution in [0, 0.1) is 17.6 Å². The van der Waals surface area contributed by atoms with Gasteiger partial charge < -0.3 is 10.0 Å². The van der Waals surface area contributed by atoms with Crippen LogP contribution in [-0.4, -0.2) is 34.5 Å². The van der Waals surface area contributed by atoms with Gasteiger partial charge in [-0.25, -0.2) is 8.78 Å². The van der Waals surface area contributed by atoms with Gasteiger partial charge in [0.15, 0.2) is 0 Å². The molecule has 1 aromatic rings. The van der Waals surface area contributed by atoms with Crippen molar-refractivity contribution in [3.05, 3.63) is 35.4 Å². The molecule has 0 bridgehead atoms. The molecule has 0 aliphatic heterocycles. The van der Waals surface area contributed by atoms with Crippen molar-refractivity contribution >= 4 is 11.9 Å². The first kappa shape index (κ1) is 14.4. The predicted molar refractivity (Wildman–Crippen MR) is 67.2 cm³/mol. The van der Waals surface area contributed by atoms with Gasteiger partial charge in [-0.15, -0.1) is 0 Å². The first-order valence-corrected chi connectivity index (χ1v) is 6.39. The van der Waals surface area contributed by atoms with E-state index < -0.39 is 29.4 Å². The average Bonchev–Trinajstić information content (AvgIpc) is 3.22. The number of halogens is 2. The number of hydrogen-bond donors (Lipinski definition) is 1. The maximum atomic E-state index is 13.6. The van der Waals surface area contributed by atoms with Crippen molar-refractivity contribution in [1.29, 1.82) is 0 Å². The Morgan fingerprint density at radius 3 is 2.60 bits per heavy atom. The minimum atomic E-state index is -1.02. The summed E-state index contributed by atoms with van der Waals surface area (Å²) in [4.78, 5) is 24.5. The first-order chi connectivity index (χ1) is 9.40. The number of nitrogens with zero attached hydrogens (tertiary/aromatic N) is 1.